The van der Waals surface area contributed by atoms with Gasteiger partial charge in [0.05, 0.1) is 19.8 Å². The molecule has 3 aromatic heterocycles. The topological polar surface area (TPSA) is 104 Å². The molecule has 0 amide bonds. The van der Waals surface area contributed by atoms with E-state index in [4.69, 9.17) is 9.26 Å². The number of nitrogens with zero attached hydrogens (tertiary/aromatic N) is 7. The predicted molar refractivity (Wildman–Crippen MR) is 128 cm³/mol. The van der Waals surface area contributed by atoms with Crippen molar-refractivity contribution < 1.29 is 27.2 Å². The fraction of sp³-hybridized carbons (Fsp3) is 0.375. The van der Waals surface area contributed by atoms with Gasteiger partial charge in [-0.05, 0) is 48.9 Å². The summed E-state index contributed by atoms with van der Waals surface area (Å²) in [5.41, 5.74) is 1.46. The first-order valence-electron chi connectivity index (χ1n) is 11.7. The van der Waals surface area contributed by atoms with Crippen LogP contribution < -0.4 is 9.64 Å². The highest BCUT2D eigenvalue weighted by Crippen LogP contribution is 2.26. The molecular weight excluding hydrogens is 491 g/mol. The standard InChI is InChI=1S/C22H20F3N7O3.C2H6/c1-14-27-20(21-28-19(30-35-21)16-2-4-17(5-3-16)34-22(23,24)25)29-32(14)13-15-6-7-26-18(12-15)31-8-10-33-11-9-31;1-2/h2-7,12H,8-11,13H2,1H3;1-2H3. The number of hydrogen-bond acceptors (Lipinski definition) is 9. The number of morpholine rings is 1. The average molecular weight is 518 g/mol. The van der Waals surface area contributed by atoms with Crippen LogP contribution in [0, 0.1) is 6.92 Å². The molecule has 4 aromatic rings. The minimum absolute atomic E-state index is 0.0983. The lowest BCUT2D eigenvalue weighted by atomic mass is 10.2. The first-order chi connectivity index (χ1) is 17.8. The molecule has 0 atom stereocenters. The van der Waals surface area contributed by atoms with E-state index in [9.17, 15) is 13.2 Å². The highest BCUT2D eigenvalue weighted by Gasteiger charge is 2.31. The van der Waals surface area contributed by atoms with Crippen LogP contribution in [0.2, 0.25) is 0 Å². The van der Waals surface area contributed by atoms with Gasteiger partial charge in [0.25, 0.3) is 5.89 Å². The van der Waals surface area contributed by atoms with Crippen LogP contribution in [-0.2, 0) is 11.3 Å². The van der Waals surface area contributed by atoms with Gasteiger partial charge in [0.1, 0.15) is 17.4 Å². The van der Waals surface area contributed by atoms with Crippen LogP contribution in [0.4, 0.5) is 19.0 Å². The van der Waals surface area contributed by atoms with Gasteiger partial charge in [0.15, 0.2) is 0 Å². The Morgan fingerprint density at radius 1 is 1.00 bits per heavy atom. The quantitative estimate of drug-likeness (QED) is 0.365. The lowest BCUT2D eigenvalue weighted by Gasteiger charge is -2.28. The third-order valence-corrected chi connectivity index (χ3v) is 5.30. The molecule has 1 aromatic carbocycles. The van der Waals surface area contributed by atoms with Crippen molar-refractivity contribution in [3.63, 3.8) is 0 Å². The van der Waals surface area contributed by atoms with Crippen molar-refractivity contribution >= 4 is 5.82 Å². The Hall–Kier alpha value is -4.00. The molecule has 0 unspecified atom stereocenters. The minimum atomic E-state index is -4.76. The lowest BCUT2D eigenvalue weighted by Crippen LogP contribution is -2.36. The maximum atomic E-state index is 12.3. The summed E-state index contributed by atoms with van der Waals surface area (Å²) in [6.45, 7) is 9.23. The van der Waals surface area contributed by atoms with Crippen molar-refractivity contribution in [1.29, 1.82) is 0 Å². The molecule has 0 spiro atoms. The number of aromatic nitrogens is 6. The summed E-state index contributed by atoms with van der Waals surface area (Å²) in [4.78, 5) is 15.3. The Balaban J connectivity index is 0.00000156. The molecule has 10 nitrogen and oxygen atoms in total. The number of anilines is 1. The van der Waals surface area contributed by atoms with E-state index in [1.807, 2.05) is 32.9 Å². The van der Waals surface area contributed by atoms with Crippen LogP contribution in [0.5, 0.6) is 5.75 Å². The maximum absolute atomic E-state index is 12.3. The third kappa shape index (κ3) is 6.61. The molecular formula is C24H26F3N7O3. The van der Waals surface area contributed by atoms with E-state index < -0.39 is 6.36 Å². The zero-order chi connectivity index (χ0) is 26.4. The Bertz CT molecular complexity index is 1300. The summed E-state index contributed by atoms with van der Waals surface area (Å²) >= 11 is 0. The van der Waals surface area contributed by atoms with Crippen molar-refractivity contribution in [2.75, 3.05) is 31.2 Å². The number of pyridine rings is 1. The number of rotatable bonds is 6. The zero-order valence-electron chi connectivity index (χ0n) is 20.6. The van der Waals surface area contributed by atoms with E-state index in [-0.39, 0.29) is 23.3 Å². The first kappa shape index (κ1) is 26.1. The number of alkyl halides is 3. The van der Waals surface area contributed by atoms with Gasteiger partial charge in [-0.15, -0.1) is 18.3 Å². The summed E-state index contributed by atoms with van der Waals surface area (Å²) in [5.74, 6) is 1.74. The number of aryl methyl sites for hydroxylation is 1. The molecule has 0 bridgehead atoms. The molecule has 1 saturated heterocycles. The van der Waals surface area contributed by atoms with Gasteiger partial charge in [0, 0.05) is 24.8 Å². The lowest BCUT2D eigenvalue weighted by molar-refractivity contribution is -0.274. The molecule has 1 aliphatic heterocycles. The molecule has 0 aliphatic carbocycles. The molecule has 0 N–H and O–H groups in total. The normalized spacial score (nSPS) is 13.7. The number of hydrogen-bond donors (Lipinski definition) is 0. The van der Waals surface area contributed by atoms with E-state index in [0.717, 1.165) is 24.5 Å². The zero-order valence-corrected chi connectivity index (χ0v) is 20.6. The molecule has 1 fully saturated rings. The van der Waals surface area contributed by atoms with Gasteiger partial charge in [-0.3, -0.25) is 0 Å². The van der Waals surface area contributed by atoms with Gasteiger partial charge in [-0.25, -0.2) is 14.6 Å². The molecule has 196 valence electrons. The van der Waals surface area contributed by atoms with Gasteiger partial charge in [0.2, 0.25) is 11.6 Å². The summed E-state index contributed by atoms with van der Waals surface area (Å²) in [6.07, 6.45) is -2.99. The summed E-state index contributed by atoms with van der Waals surface area (Å²) in [6, 6.07) is 9.10. The molecule has 37 heavy (non-hydrogen) atoms. The number of ether oxygens (including phenoxy) is 2. The number of halogens is 3. The summed E-state index contributed by atoms with van der Waals surface area (Å²) in [5, 5.41) is 8.38. The van der Waals surface area contributed by atoms with Crippen molar-refractivity contribution in [3.05, 3.63) is 54.0 Å². The highest BCUT2D eigenvalue weighted by molar-refractivity contribution is 5.57. The summed E-state index contributed by atoms with van der Waals surface area (Å²) in [7, 11) is 0. The first-order valence-corrected chi connectivity index (χ1v) is 11.7. The molecule has 5 rings (SSSR count). The number of benzene rings is 1. The monoisotopic (exact) mass is 517 g/mol. The fourth-order valence-electron chi connectivity index (χ4n) is 3.59. The van der Waals surface area contributed by atoms with Crippen LogP contribution in [0.25, 0.3) is 23.1 Å². The highest BCUT2D eigenvalue weighted by atomic mass is 19.4. The Morgan fingerprint density at radius 3 is 2.43 bits per heavy atom. The van der Waals surface area contributed by atoms with Crippen LogP contribution in [0.1, 0.15) is 25.2 Å². The average Bonchev–Trinajstić information content (AvgIpc) is 3.53. The van der Waals surface area contributed by atoms with Gasteiger partial charge < -0.3 is 18.9 Å². The third-order valence-electron chi connectivity index (χ3n) is 5.30. The van der Waals surface area contributed by atoms with Gasteiger partial charge in [-0.1, -0.05) is 19.0 Å². The molecule has 13 heteroatoms. The predicted octanol–water partition coefficient (Wildman–Crippen LogP) is 4.51. The largest absolute Gasteiger partial charge is 0.573 e. The van der Waals surface area contributed by atoms with Crippen molar-refractivity contribution in [2.24, 2.45) is 0 Å². The van der Waals surface area contributed by atoms with Crippen LogP contribution in [0.3, 0.4) is 0 Å². The van der Waals surface area contributed by atoms with Crippen LogP contribution in [0.15, 0.2) is 47.1 Å². The second-order valence-electron chi connectivity index (χ2n) is 7.76. The maximum Gasteiger partial charge on any atom is 0.573 e. The van der Waals surface area contributed by atoms with E-state index in [2.05, 4.69) is 34.8 Å². The molecule has 0 saturated carbocycles. The van der Waals surface area contributed by atoms with E-state index >= 15 is 0 Å². The second-order valence-corrected chi connectivity index (χ2v) is 7.76. The fourth-order valence-corrected chi connectivity index (χ4v) is 3.59. The van der Waals surface area contributed by atoms with E-state index in [1.54, 1.807) is 10.9 Å². The van der Waals surface area contributed by atoms with E-state index in [1.165, 1.54) is 24.3 Å². The van der Waals surface area contributed by atoms with Crippen LogP contribution in [-0.4, -0.2) is 62.6 Å². The van der Waals surface area contributed by atoms with E-state index in [0.29, 0.717) is 31.1 Å². The Kier molecular flexibility index (Phi) is 8.01. The van der Waals surface area contributed by atoms with Gasteiger partial charge in [-0.2, -0.15) is 4.98 Å². The molecule has 0 radical (unpaired) electrons. The van der Waals surface area contributed by atoms with Gasteiger partial charge >= 0.3 is 6.36 Å². The Morgan fingerprint density at radius 2 is 1.73 bits per heavy atom. The molecule has 1 aliphatic rings. The van der Waals surface area contributed by atoms with Crippen molar-refractivity contribution in [2.45, 2.75) is 33.7 Å². The Labute approximate surface area is 211 Å². The second kappa shape index (κ2) is 11.4. The smallest absolute Gasteiger partial charge is 0.406 e. The molecule has 4 heterocycles. The SMILES string of the molecule is CC.Cc1nc(-c2nc(-c3ccc(OC(F)(F)F)cc3)no2)nn1Cc1ccnc(N2CCOCC2)c1. The summed E-state index contributed by atoms with van der Waals surface area (Å²) < 4.78 is 53.3. The minimum Gasteiger partial charge on any atom is -0.406 e. The van der Waals surface area contributed by atoms with Crippen LogP contribution >= 0.6 is 0 Å². The van der Waals surface area contributed by atoms with Crippen molar-refractivity contribution in [3.8, 4) is 28.9 Å². The van der Waals surface area contributed by atoms with Crippen molar-refractivity contribution in [1.82, 2.24) is 29.9 Å².